The van der Waals surface area contributed by atoms with Crippen molar-refractivity contribution in [3.63, 3.8) is 0 Å². The van der Waals surface area contributed by atoms with Gasteiger partial charge in [-0.3, -0.25) is 4.90 Å². The van der Waals surface area contributed by atoms with E-state index < -0.39 is 22.9 Å². The molecule has 2 heterocycles. The quantitative estimate of drug-likeness (QED) is 0.857. The third kappa shape index (κ3) is 4.70. The second-order valence-corrected chi connectivity index (χ2v) is 5.37. The number of nitrogens with one attached hydrogen (secondary N) is 1. The summed E-state index contributed by atoms with van der Waals surface area (Å²) < 4.78 is 43.5. The summed E-state index contributed by atoms with van der Waals surface area (Å²) in [4.78, 5) is 5.57. The smallest absolute Gasteiger partial charge is 0.394 e. The second kappa shape index (κ2) is 7.45. The van der Waals surface area contributed by atoms with Crippen molar-refractivity contribution in [1.82, 2.24) is 9.88 Å². The van der Waals surface area contributed by atoms with Gasteiger partial charge in [0.2, 0.25) is 0 Å². The lowest BCUT2D eigenvalue weighted by atomic mass is 10.2. The van der Waals surface area contributed by atoms with E-state index in [1.54, 1.807) is 0 Å². The van der Waals surface area contributed by atoms with Crippen LogP contribution >= 0.6 is 11.6 Å². The zero-order valence-electron chi connectivity index (χ0n) is 11.7. The van der Waals surface area contributed by atoms with E-state index in [1.807, 2.05) is 0 Å². The summed E-state index contributed by atoms with van der Waals surface area (Å²) in [6.07, 6.45) is -4.62. The Hall–Kier alpha value is -1.09. The number of anilines is 1. The van der Waals surface area contributed by atoms with Gasteiger partial charge in [0.15, 0.2) is 5.69 Å². The van der Waals surface area contributed by atoms with Crippen LogP contribution in [0.4, 0.5) is 19.0 Å². The molecule has 0 radical (unpaired) electrons. The van der Waals surface area contributed by atoms with Crippen LogP contribution in [0.1, 0.15) is 5.69 Å². The normalized spacial score (nSPS) is 18.2. The first kappa shape index (κ1) is 17.3. The standard InChI is InChI=1S/C13H17ClF3N3O2/c14-10-1-2-11(19-12(10)13(15,16)17)18-9(8-21)7-20-3-5-22-6-4-20/h1-2,9,21H,3-8H2,(H,18,19). The molecular weight excluding hydrogens is 323 g/mol. The fraction of sp³-hybridized carbons (Fsp3) is 0.615. The second-order valence-electron chi connectivity index (χ2n) is 4.96. The van der Waals surface area contributed by atoms with Crippen LogP contribution in [0, 0.1) is 0 Å². The van der Waals surface area contributed by atoms with Crippen LogP contribution in [0.2, 0.25) is 5.02 Å². The van der Waals surface area contributed by atoms with Gasteiger partial charge in [-0.2, -0.15) is 13.2 Å². The minimum Gasteiger partial charge on any atom is -0.394 e. The van der Waals surface area contributed by atoms with Crippen molar-refractivity contribution in [2.45, 2.75) is 12.2 Å². The molecule has 2 N–H and O–H groups in total. The molecule has 1 atom stereocenters. The van der Waals surface area contributed by atoms with E-state index in [1.165, 1.54) is 6.07 Å². The van der Waals surface area contributed by atoms with E-state index >= 15 is 0 Å². The fourth-order valence-corrected chi connectivity index (χ4v) is 2.39. The van der Waals surface area contributed by atoms with Gasteiger partial charge in [-0.1, -0.05) is 11.6 Å². The van der Waals surface area contributed by atoms with E-state index in [9.17, 15) is 18.3 Å². The van der Waals surface area contributed by atoms with Gasteiger partial charge in [-0.05, 0) is 12.1 Å². The zero-order chi connectivity index (χ0) is 16.2. The zero-order valence-corrected chi connectivity index (χ0v) is 12.5. The Labute approximate surface area is 131 Å². The number of rotatable bonds is 5. The Kier molecular flexibility index (Phi) is 5.85. The van der Waals surface area contributed by atoms with Crippen molar-refractivity contribution in [3.8, 4) is 0 Å². The number of aliphatic hydroxyl groups excluding tert-OH is 1. The molecule has 0 spiro atoms. The minimum absolute atomic E-state index is 0.0315. The van der Waals surface area contributed by atoms with Gasteiger partial charge in [-0.25, -0.2) is 4.98 Å². The minimum atomic E-state index is -4.62. The molecule has 5 nitrogen and oxygen atoms in total. The Morgan fingerprint density at radius 3 is 2.64 bits per heavy atom. The highest BCUT2D eigenvalue weighted by atomic mass is 35.5. The molecule has 0 aliphatic carbocycles. The lowest BCUT2D eigenvalue weighted by molar-refractivity contribution is -0.141. The molecule has 0 amide bonds. The number of aromatic nitrogens is 1. The molecule has 1 unspecified atom stereocenters. The predicted octanol–water partition coefficient (Wildman–Crippen LogP) is 1.86. The van der Waals surface area contributed by atoms with Crippen LogP contribution in [0.3, 0.4) is 0 Å². The van der Waals surface area contributed by atoms with E-state index in [0.29, 0.717) is 19.8 Å². The largest absolute Gasteiger partial charge is 0.434 e. The molecule has 1 fully saturated rings. The molecule has 0 saturated carbocycles. The first-order valence-corrected chi connectivity index (χ1v) is 7.19. The number of aliphatic hydroxyl groups is 1. The first-order chi connectivity index (χ1) is 10.4. The number of nitrogens with zero attached hydrogens (tertiary/aromatic N) is 2. The molecule has 0 aromatic carbocycles. The van der Waals surface area contributed by atoms with Crippen molar-refractivity contribution in [3.05, 3.63) is 22.8 Å². The Morgan fingerprint density at radius 1 is 1.36 bits per heavy atom. The molecule has 9 heteroatoms. The SMILES string of the molecule is OCC(CN1CCOCC1)Nc1ccc(Cl)c(C(F)(F)F)n1. The van der Waals surface area contributed by atoms with Crippen LogP contribution < -0.4 is 5.32 Å². The monoisotopic (exact) mass is 339 g/mol. The summed E-state index contributed by atoms with van der Waals surface area (Å²) in [6.45, 7) is 2.93. The maximum atomic E-state index is 12.8. The van der Waals surface area contributed by atoms with Crippen LogP contribution in [-0.2, 0) is 10.9 Å². The predicted molar refractivity (Wildman–Crippen MR) is 76.0 cm³/mol. The van der Waals surface area contributed by atoms with Gasteiger partial charge < -0.3 is 15.2 Å². The Balaban J connectivity index is 2.04. The third-order valence-corrected chi connectivity index (χ3v) is 3.57. The fourth-order valence-electron chi connectivity index (χ4n) is 2.17. The molecule has 124 valence electrons. The van der Waals surface area contributed by atoms with E-state index in [4.69, 9.17) is 16.3 Å². The summed E-state index contributed by atoms with van der Waals surface area (Å²) >= 11 is 5.53. The summed E-state index contributed by atoms with van der Waals surface area (Å²) in [5, 5.41) is 11.8. The first-order valence-electron chi connectivity index (χ1n) is 6.81. The topological polar surface area (TPSA) is 57.6 Å². The van der Waals surface area contributed by atoms with Crippen molar-refractivity contribution < 1.29 is 23.0 Å². The van der Waals surface area contributed by atoms with Crippen LogP contribution in [-0.4, -0.2) is 60.5 Å². The summed E-state index contributed by atoms with van der Waals surface area (Å²) in [6, 6.07) is 2.08. The Morgan fingerprint density at radius 2 is 2.05 bits per heavy atom. The van der Waals surface area contributed by atoms with E-state index in [-0.39, 0.29) is 12.4 Å². The molecular formula is C13H17ClF3N3O2. The number of hydrogen-bond donors (Lipinski definition) is 2. The average molecular weight is 340 g/mol. The number of halogens is 4. The van der Waals surface area contributed by atoms with Gasteiger partial charge in [0.05, 0.1) is 30.9 Å². The summed E-state index contributed by atoms with van der Waals surface area (Å²) in [5.74, 6) is 0.0315. The van der Waals surface area contributed by atoms with Gasteiger partial charge in [0.1, 0.15) is 5.82 Å². The van der Waals surface area contributed by atoms with Crippen LogP contribution in [0.5, 0.6) is 0 Å². The van der Waals surface area contributed by atoms with E-state index in [2.05, 4.69) is 15.2 Å². The van der Waals surface area contributed by atoms with Crippen LogP contribution in [0.25, 0.3) is 0 Å². The highest BCUT2D eigenvalue weighted by Crippen LogP contribution is 2.33. The Bertz CT molecular complexity index is 496. The van der Waals surface area contributed by atoms with E-state index in [0.717, 1.165) is 19.2 Å². The third-order valence-electron chi connectivity index (χ3n) is 3.27. The maximum Gasteiger partial charge on any atom is 0.434 e. The molecule has 1 aromatic heterocycles. The van der Waals surface area contributed by atoms with Crippen LogP contribution in [0.15, 0.2) is 12.1 Å². The van der Waals surface area contributed by atoms with Gasteiger partial charge in [0, 0.05) is 19.6 Å². The number of pyridine rings is 1. The highest BCUT2D eigenvalue weighted by Gasteiger charge is 2.35. The molecule has 1 saturated heterocycles. The van der Waals surface area contributed by atoms with Gasteiger partial charge in [0.25, 0.3) is 0 Å². The van der Waals surface area contributed by atoms with Crippen molar-refractivity contribution in [2.75, 3.05) is 44.8 Å². The van der Waals surface area contributed by atoms with Crippen molar-refractivity contribution in [1.29, 1.82) is 0 Å². The van der Waals surface area contributed by atoms with Gasteiger partial charge >= 0.3 is 6.18 Å². The molecule has 2 rings (SSSR count). The number of hydrogen-bond acceptors (Lipinski definition) is 5. The molecule has 1 aromatic rings. The lowest BCUT2D eigenvalue weighted by Gasteiger charge is -2.30. The molecule has 1 aliphatic rings. The average Bonchev–Trinajstić information content (AvgIpc) is 2.48. The maximum absolute atomic E-state index is 12.8. The van der Waals surface area contributed by atoms with Crippen molar-refractivity contribution >= 4 is 17.4 Å². The molecule has 1 aliphatic heterocycles. The summed E-state index contributed by atoms with van der Waals surface area (Å²) in [7, 11) is 0. The number of ether oxygens (including phenoxy) is 1. The molecule has 22 heavy (non-hydrogen) atoms. The number of alkyl halides is 3. The van der Waals surface area contributed by atoms with Gasteiger partial charge in [-0.15, -0.1) is 0 Å². The molecule has 0 bridgehead atoms. The highest BCUT2D eigenvalue weighted by molar-refractivity contribution is 6.31. The number of morpholine rings is 1. The summed E-state index contributed by atoms with van der Waals surface area (Å²) in [5.41, 5.74) is -1.14. The lowest BCUT2D eigenvalue weighted by Crippen LogP contribution is -2.44. The van der Waals surface area contributed by atoms with Crippen molar-refractivity contribution in [2.24, 2.45) is 0 Å².